The molecule has 1 heterocycles. The van der Waals surface area contributed by atoms with Gasteiger partial charge in [0, 0.05) is 7.05 Å². The summed E-state index contributed by atoms with van der Waals surface area (Å²) in [6.45, 7) is 1.62. The molecule has 1 rings (SSSR count). The molecule has 1 aromatic rings. The Morgan fingerprint density at radius 1 is 1.73 bits per heavy atom. The normalized spacial score (nSPS) is 16.4. The van der Waals surface area contributed by atoms with Crippen LogP contribution in [-0.4, -0.2) is 26.0 Å². The summed E-state index contributed by atoms with van der Waals surface area (Å²) < 4.78 is 1.69. The van der Waals surface area contributed by atoms with Crippen LogP contribution in [0.2, 0.25) is 0 Å². The molecule has 5 heteroatoms. The third kappa shape index (κ3) is 1.55. The van der Waals surface area contributed by atoms with Crippen molar-refractivity contribution in [2.24, 2.45) is 12.8 Å². The van der Waals surface area contributed by atoms with Gasteiger partial charge in [0.25, 0.3) is 0 Å². The first kappa shape index (κ1) is 8.16. The van der Waals surface area contributed by atoms with E-state index >= 15 is 0 Å². The van der Waals surface area contributed by atoms with Crippen molar-refractivity contribution in [2.45, 2.75) is 19.1 Å². The highest BCUT2D eigenvalue weighted by molar-refractivity contribution is 4.94. The number of aromatic nitrogens is 3. The van der Waals surface area contributed by atoms with Crippen molar-refractivity contribution in [2.75, 3.05) is 0 Å². The highest BCUT2D eigenvalue weighted by Gasteiger charge is 2.16. The summed E-state index contributed by atoms with van der Waals surface area (Å²) >= 11 is 0. The lowest BCUT2D eigenvalue weighted by atomic mass is 10.2. The molecule has 0 aliphatic heterocycles. The molecular weight excluding hydrogens is 144 g/mol. The van der Waals surface area contributed by atoms with Gasteiger partial charge >= 0.3 is 0 Å². The fourth-order valence-corrected chi connectivity index (χ4v) is 0.810. The fraction of sp³-hybridized carbons (Fsp3) is 0.667. The number of nitrogens with two attached hydrogens (primary N) is 1. The molecule has 0 aliphatic carbocycles. The highest BCUT2D eigenvalue weighted by Crippen LogP contribution is 2.08. The van der Waals surface area contributed by atoms with E-state index in [1.165, 1.54) is 0 Å². The van der Waals surface area contributed by atoms with E-state index in [9.17, 15) is 0 Å². The van der Waals surface area contributed by atoms with Crippen molar-refractivity contribution < 1.29 is 5.11 Å². The quantitative estimate of drug-likeness (QED) is 0.587. The summed E-state index contributed by atoms with van der Waals surface area (Å²) in [4.78, 5) is 0. The maximum absolute atomic E-state index is 9.11. The fourth-order valence-electron chi connectivity index (χ4n) is 0.810. The van der Waals surface area contributed by atoms with E-state index in [0.717, 1.165) is 0 Å². The molecule has 0 aliphatic rings. The number of aliphatic hydroxyl groups is 1. The summed E-state index contributed by atoms with van der Waals surface area (Å²) in [7, 11) is 1.79. The van der Waals surface area contributed by atoms with Crippen molar-refractivity contribution in [3.05, 3.63) is 12.2 Å². The lowest BCUT2D eigenvalue weighted by molar-refractivity contribution is 0.159. The molecule has 2 atom stereocenters. The van der Waals surface area contributed by atoms with Gasteiger partial charge in [0.05, 0.1) is 12.1 Å². The molecule has 0 aromatic carbocycles. The van der Waals surface area contributed by atoms with Gasteiger partial charge in [-0.1, -0.05) is 0 Å². The molecule has 0 spiro atoms. The van der Waals surface area contributed by atoms with Crippen LogP contribution in [-0.2, 0) is 7.05 Å². The number of aryl methyl sites for hydroxylation is 1. The predicted octanol–water partition coefficient (Wildman–Crippen LogP) is -0.804. The summed E-state index contributed by atoms with van der Waals surface area (Å²) in [6, 6.07) is -0.456. The zero-order valence-electron chi connectivity index (χ0n) is 6.60. The Kier molecular flexibility index (Phi) is 2.21. The van der Waals surface area contributed by atoms with Crippen molar-refractivity contribution >= 4 is 0 Å². The molecule has 3 N–H and O–H groups in total. The lowest BCUT2D eigenvalue weighted by Gasteiger charge is -2.12. The average Bonchev–Trinajstić information content (AvgIpc) is 2.33. The SMILES string of the molecule is CC(O)C(N)c1nncn1C. The van der Waals surface area contributed by atoms with E-state index in [-0.39, 0.29) is 0 Å². The third-order valence-corrected chi connectivity index (χ3v) is 1.56. The van der Waals surface area contributed by atoms with Crippen LogP contribution < -0.4 is 5.73 Å². The van der Waals surface area contributed by atoms with Crippen LogP contribution in [0, 0.1) is 0 Å². The van der Waals surface area contributed by atoms with Gasteiger partial charge < -0.3 is 15.4 Å². The van der Waals surface area contributed by atoms with E-state index in [0.29, 0.717) is 5.82 Å². The molecule has 0 bridgehead atoms. The molecular formula is C6H12N4O. The number of hydrogen-bond donors (Lipinski definition) is 2. The standard InChI is InChI=1S/C6H12N4O/c1-4(11)5(7)6-9-8-3-10(6)2/h3-5,11H,7H2,1-2H3. The first-order chi connectivity index (χ1) is 5.13. The second kappa shape index (κ2) is 2.98. The first-order valence-electron chi connectivity index (χ1n) is 3.40. The summed E-state index contributed by atoms with van der Waals surface area (Å²) in [5.74, 6) is 0.597. The minimum atomic E-state index is -0.599. The van der Waals surface area contributed by atoms with Crippen LogP contribution >= 0.6 is 0 Å². The zero-order valence-corrected chi connectivity index (χ0v) is 6.60. The summed E-state index contributed by atoms with van der Waals surface area (Å²) in [6.07, 6.45) is 0.954. The molecule has 0 amide bonds. The van der Waals surface area contributed by atoms with E-state index in [4.69, 9.17) is 10.8 Å². The van der Waals surface area contributed by atoms with Crippen molar-refractivity contribution in [1.82, 2.24) is 14.8 Å². The Labute approximate surface area is 64.9 Å². The minimum Gasteiger partial charge on any atom is -0.391 e. The van der Waals surface area contributed by atoms with Crippen molar-refractivity contribution in [3.63, 3.8) is 0 Å². The maximum atomic E-state index is 9.11. The van der Waals surface area contributed by atoms with Crippen molar-refractivity contribution in [1.29, 1.82) is 0 Å². The van der Waals surface area contributed by atoms with E-state index < -0.39 is 12.1 Å². The van der Waals surface area contributed by atoms with E-state index in [2.05, 4.69) is 10.2 Å². The number of nitrogens with zero attached hydrogens (tertiary/aromatic N) is 3. The lowest BCUT2D eigenvalue weighted by Crippen LogP contribution is -2.26. The molecule has 2 unspecified atom stereocenters. The second-order valence-electron chi connectivity index (χ2n) is 2.57. The summed E-state index contributed by atoms with van der Waals surface area (Å²) in [5.41, 5.74) is 5.61. The molecule has 11 heavy (non-hydrogen) atoms. The Morgan fingerprint density at radius 2 is 2.36 bits per heavy atom. The highest BCUT2D eigenvalue weighted by atomic mass is 16.3. The van der Waals surface area contributed by atoms with Gasteiger partial charge in [-0.3, -0.25) is 0 Å². The van der Waals surface area contributed by atoms with Crippen LogP contribution in [0.1, 0.15) is 18.8 Å². The Balaban J connectivity index is 2.84. The van der Waals surface area contributed by atoms with Gasteiger partial charge in [-0.2, -0.15) is 0 Å². The largest absolute Gasteiger partial charge is 0.391 e. The Hall–Kier alpha value is -0.940. The smallest absolute Gasteiger partial charge is 0.152 e. The van der Waals surface area contributed by atoms with Crippen LogP contribution in [0.3, 0.4) is 0 Å². The minimum absolute atomic E-state index is 0.456. The Bertz CT molecular complexity index is 232. The molecule has 1 aromatic heterocycles. The Morgan fingerprint density at radius 3 is 2.73 bits per heavy atom. The zero-order chi connectivity index (χ0) is 8.43. The average molecular weight is 156 g/mol. The molecule has 0 fully saturated rings. The molecule has 0 saturated carbocycles. The van der Waals surface area contributed by atoms with Crippen LogP contribution in [0.25, 0.3) is 0 Å². The van der Waals surface area contributed by atoms with Gasteiger partial charge in [0.2, 0.25) is 0 Å². The van der Waals surface area contributed by atoms with Gasteiger partial charge in [-0.15, -0.1) is 10.2 Å². The first-order valence-corrected chi connectivity index (χ1v) is 3.40. The topological polar surface area (TPSA) is 77.0 Å². The number of aliphatic hydroxyl groups excluding tert-OH is 1. The summed E-state index contributed by atoms with van der Waals surface area (Å²) in [5, 5.41) is 16.5. The van der Waals surface area contributed by atoms with E-state index in [1.54, 1.807) is 24.9 Å². The van der Waals surface area contributed by atoms with Gasteiger partial charge in [-0.05, 0) is 6.92 Å². The van der Waals surface area contributed by atoms with E-state index in [1.807, 2.05) is 0 Å². The third-order valence-electron chi connectivity index (χ3n) is 1.56. The molecule has 5 nitrogen and oxygen atoms in total. The van der Waals surface area contributed by atoms with Crippen LogP contribution in [0.4, 0.5) is 0 Å². The molecule has 0 saturated heterocycles. The number of hydrogen-bond acceptors (Lipinski definition) is 4. The van der Waals surface area contributed by atoms with Gasteiger partial charge in [0.1, 0.15) is 6.33 Å². The monoisotopic (exact) mass is 156 g/mol. The molecule has 0 radical (unpaired) electrons. The van der Waals surface area contributed by atoms with Crippen molar-refractivity contribution in [3.8, 4) is 0 Å². The van der Waals surface area contributed by atoms with Gasteiger partial charge in [-0.25, -0.2) is 0 Å². The van der Waals surface area contributed by atoms with Crippen LogP contribution in [0.5, 0.6) is 0 Å². The molecule has 62 valence electrons. The predicted molar refractivity (Wildman–Crippen MR) is 39.6 cm³/mol. The van der Waals surface area contributed by atoms with Gasteiger partial charge in [0.15, 0.2) is 5.82 Å². The second-order valence-corrected chi connectivity index (χ2v) is 2.57. The number of rotatable bonds is 2. The maximum Gasteiger partial charge on any atom is 0.152 e. The van der Waals surface area contributed by atoms with Crippen LogP contribution in [0.15, 0.2) is 6.33 Å².